The average molecular weight is 233 g/mol. The summed E-state index contributed by atoms with van der Waals surface area (Å²) in [4.78, 5) is 13.9. The molecule has 1 aromatic rings. The van der Waals surface area contributed by atoms with Crippen molar-refractivity contribution in [2.75, 3.05) is 25.0 Å². The maximum absolute atomic E-state index is 11.7. The molecule has 1 atom stereocenters. The fourth-order valence-electron chi connectivity index (χ4n) is 2.07. The monoisotopic (exact) mass is 233 g/mol. The number of para-hydroxylation sites is 1. The number of carbonyl (C=O) groups excluding carboxylic acids is 1. The van der Waals surface area contributed by atoms with Crippen LogP contribution in [0.25, 0.3) is 0 Å². The molecule has 1 heterocycles. The average Bonchev–Trinajstić information content (AvgIpc) is 2.74. The summed E-state index contributed by atoms with van der Waals surface area (Å²) in [6.07, 6.45) is 1.57. The number of nitrogens with two attached hydrogens (primary N) is 1. The molecule has 0 aliphatic carbocycles. The van der Waals surface area contributed by atoms with Gasteiger partial charge in [-0.3, -0.25) is 4.79 Å². The van der Waals surface area contributed by atoms with E-state index in [0.29, 0.717) is 6.42 Å². The quantitative estimate of drug-likeness (QED) is 0.817. The van der Waals surface area contributed by atoms with Gasteiger partial charge in [0.25, 0.3) is 0 Å². The van der Waals surface area contributed by atoms with Crippen LogP contribution in [0.2, 0.25) is 0 Å². The standard InChI is InChI=1S/C13H19N3O/c14-11-6-8-16(10-11)9-7-13(17)15-12-4-2-1-3-5-12/h1-5,11H,6-10,14H2,(H,15,17)/t11-/m0/s1. The van der Waals surface area contributed by atoms with Crippen LogP contribution in [0.5, 0.6) is 0 Å². The van der Waals surface area contributed by atoms with Crippen molar-refractivity contribution in [2.45, 2.75) is 18.9 Å². The first-order valence-corrected chi connectivity index (χ1v) is 6.07. The van der Waals surface area contributed by atoms with Gasteiger partial charge in [0, 0.05) is 31.2 Å². The zero-order valence-electron chi connectivity index (χ0n) is 9.93. The molecule has 2 rings (SSSR count). The molecule has 1 aliphatic heterocycles. The molecule has 1 amide bonds. The van der Waals surface area contributed by atoms with Crippen LogP contribution in [0.15, 0.2) is 30.3 Å². The molecular formula is C13H19N3O. The molecule has 0 saturated carbocycles. The van der Waals surface area contributed by atoms with Gasteiger partial charge in [0.2, 0.25) is 5.91 Å². The summed E-state index contributed by atoms with van der Waals surface area (Å²) in [6, 6.07) is 9.82. The van der Waals surface area contributed by atoms with Gasteiger partial charge < -0.3 is 16.0 Å². The van der Waals surface area contributed by atoms with Crippen molar-refractivity contribution in [3.8, 4) is 0 Å². The zero-order valence-corrected chi connectivity index (χ0v) is 9.93. The maximum Gasteiger partial charge on any atom is 0.225 e. The lowest BCUT2D eigenvalue weighted by atomic mass is 10.3. The summed E-state index contributed by atoms with van der Waals surface area (Å²) in [7, 11) is 0. The third-order valence-corrected chi connectivity index (χ3v) is 3.02. The van der Waals surface area contributed by atoms with Crippen molar-refractivity contribution < 1.29 is 4.79 Å². The van der Waals surface area contributed by atoms with Gasteiger partial charge in [-0.2, -0.15) is 0 Å². The molecular weight excluding hydrogens is 214 g/mol. The van der Waals surface area contributed by atoms with Gasteiger partial charge in [-0.05, 0) is 25.1 Å². The molecule has 0 unspecified atom stereocenters. The topological polar surface area (TPSA) is 58.4 Å². The molecule has 0 aromatic heterocycles. The summed E-state index contributed by atoms with van der Waals surface area (Å²) in [6.45, 7) is 2.73. The van der Waals surface area contributed by atoms with E-state index >= 15 is 0 Å². The fourth-order valence-corrected chi connectivity index (χ4v) is 2.07. The minimum atomic E-state index is 0.0664. The Morgan fingerprint density at radius 2 is 2.18 bits per heavy atom. The Hall–Kier alpha value is -1.39. The van der Waals surface area contributed by atoms with Gasteiger partial charge in [0.1, 0.15) is 0 Å². The third kappa shape index (κ3) is 3.84. The number of nitrogens with zero attached hydrogens (tertiary/aromatic N) is 1. The van der Waals surface area contributed by atoms with Crippen molar-refractivity contribution in [2.24, 2.45) is 5.73 Å². The van der Waals surface area contributed by atoms with E-state index in [2.05, 4.69) is 10.2 Å². The van der Waals surface area contributed by atoms with E-state index in [1.165, 1.54) is 0 Å². The molecule has 1 aromatic carbocycles. The predicted octanol–water partition coefficient (Wildman–Crippen LogP) is 1.05. The second-order valence-corrected chi connectivity index (χ2v) is 4.51. The van der Waals surface area contributed by atoms with Crippen molar-refractivity contribution in [3.63, 3.8) is 0 Å². The predicted molar refractivity (Wildman–Crippen MR) is 68.7 cm³/mol. The number of likely N-dealkylation sites (tertiary alicyclic amines) is 1. The van der Waals surface area contributed by atoms with E-state index in [4.69, 9.17) is 5.73 Å². The number of carbonyl (C=O) groups is 1. The van der Waals surface area contributed by atoms with E-state index in [-0.39, 0.29) is 11.9 Å². The normalized spacial score (nSPS) is 20.4. The highest BCUT2D eigenvalue weighted by atomic mass is 16.1. The van der Waals surface area contributed by atoms with Gasteiger partial charge in [-0.25, -0.2) is 0 Å². The van der Waals surface area contributed by atoms with Crippen LogP contribution in [-0.2, 0) is 4.79 Å². The van der Waals surface area contributed by atoms with Crippen LogP contribution in [-0.4, -0.2) is 36.5 Å². The van der Waals surface area contributed by atoms with Crippen LogP contribution >= 0.6 is 0 Å². The third-order valence-electron chi connectivity index (χ3n) is 3.02. The lowest BCUT2D eigenvalue weighted by Gasteiger charge is -2.14. The minimum absolute atomic E-state index is 0.0664. The van der Waals surface area contributed by atoms with Crippen molar-refractivity contribution in [3.05, 3.63) is 30.3 Å². The van der Waals surface area contributed by atoms with Gasteiger partial charge in [-0.1, -0.05) is 18.2 Å². The Morgan fingerprint density at radius 3 is 2.82 bits per heavy atom. The first-order valence-electron chi connectivity index (χ1n) is 6.07. The van der Waals surface area contributed by atoms with E-state index in [0.717, 1.165) is 31.7 Å². The number of nitrogens with one attached hydrogen (secondary N) is 1. The largest absolute Gasteiger partial charge is 0.326 e. The number of anilines is 1. The molecule has 0 radical (unpaired) electrons. The fraction of sp³-hybridized carbons (Fsp3) is 0.462. The maximum atomic E-state index is 11.7. The van der Waals surface area contributed by atoms with E-state index < -0.39 is 0 Å². The second-order valence-electron chi connectivity index (χ2n) is 4.51. The number of hydrogen-bond acceptors (Lipinski definition) is 3. The molecule has 17 heavy (non-hydrogen) atoms. The first kappa shape index (κ1) is 12.1. The van der Waals surface area contributed by atoms with Crippen molar-refractivity contribution in [1.29, 1.82) is 0 Å². The Morgan fingerprint density at radius 1 is 1.41 bits per heavy atom. The van der Waals surface area contributed by atoms with Crippen LogP contribution in [0.3, 0.4) is 0 Å². The summed E-state index contributed by atoms with van der Waals surface area (Å²) in [5.74, 6) is 0.0664. The Labute approximate surface area is 102 Å². The Balaban J connectivity index is 1.71. The summed E-state index contributed by atoms with van der Waals surface area (Å²) < 4.78 is 0. The second kappa shape index (κ2) is 5.80. The SMILES string of the molecule is N[C@H]1CCN(CCC(=O)Nc2ccccc2)C1. The van der Waals surface area contributed by atoms with Crippen LogP contribution in [0, 0.1) is 0 Å². The summed E-state index contributed by atoms with van der Waals surface area (Å²) in [5, 5.41) is 2.88. The molecule has 1 fully saturated rings. The molecule has 4 nitrogen and oxygen atoms in total. The lowest BCUT2D eigenvalue weighted by Crippen LogP contribution is -2.29. The molecule has 1 saturated heterocycles. The zero-order chi connectivity index (χ0) is 12.1. The van der Waals surface area contributed by atoms with E-state index in [9.17, 15) is 4.79 Å². The number of amides is 1. The number of rotatable bonds is 4. The smallest absolute Gasteiger partial charge is 0.225 e. The van der Waals surface area contributed by atoms with Gasteiger partial charge in [0.15, 0.2) is 0 Å². The highest BCUT2D eigenvalue weighted by Crippen LogP contribution is 2.09. The van der Waals surface area contributed by atoms with Gasteiger partial charge in [-0.15, -0.1) is 0 Å². The minimum Gasteiger partial charge on any atom is -0.326 e. The Bertz CT molecular complexity index is 366. The van der Waals surface area contributed by atoms with Crippen LogP contribution in [0.4, 0.5) is 5.69 Å². The van der Waals surface area contributed by atoms with Crippen molar-refractivity contribution in [1.82, 2.24) is 4.90 Å². The van der Waals surface area contributed by atoms with E-state index in [1.54, 1.807) is 0 Å². The molecule has 1 aliphatic rings. The van der Waals surface area contributed by atoms with Gasteiger partial charge in [0.05, 0.1) is 0 Å². The van der Waals surface area contributed by atoms with Crippen molar-refractivity contribution >= 4 is 11.6 Å². The molecule has 0 bridgehead atoms. The number of benzene rings is 1. The highest BCUT2D eigenvalue weighted by molar-refractivity contribution is 5.90. The summed E-state index contributed by atoms with van der Waals surface area (Å²) in [5.41, 5.74) is 6.67. The summed E-state index contributed by atoms with van der Waals surface area (Å²) >= 11 is 0. The highest BCUT2D eigenvalue weighted by Gasteiger charge is 2.19. The molecule has 4 heteroatoms. The molecule has 3 N–H and O–H groups in total. The van der Waals surface area contributed by atoms with Crippen LogP contribution in [0.1, 0.15) is 12.8 Å². The number of hydrogen-bond donors (Lipinski definition) is 2. The van der Waals surface area contributed by atoms with Gasteiger partial charge >= 0.3 is 0 Å². The lowest BCUT2D eigenvalue weighted by molar-refractivity contribution is -0.116. The molecule has 0 spiro atoms. The van der Waals surface area contributed by atoms with E-state index in [1.807, 2.05) is 30.3 Å². The Kier molecular flexibility index (Phi) is 4.12. The molecule has 92 valence electrons. The van der Waals surface area contributed by atoms with Crippen LogP contribution < -0.4 is 11.1 Å². The first-order chi connectivity index (χ1) is 8.24.